The molecule has 0 spiro atoms. The molecule has 5 nitrogen and oxygen atoms in total. The van der Waals surface area contributed by atoms with E-state index in [9.17, 15) is 18.3 Å². The fourth-order valence-corrected chi connectivity index (χ4v) is 3.39. The highest BCUT2D eigenvalue weighted by molar-refractivity contribution is 5.60. The molecule has 0 saturated heterocycles. The molecule has 1 unspecified atom stereocenters. The second kappa shape index (κ2) is 8.82. The van der Waals surface area contributed by atoms with Gasteiger partial charge in [-0.15, -0.1) is 0 Å². The molecule has 1 aliphatic rings. The van der Waals surface area contributed by atoms with E-state index in [1.807, 2.05) is 30.5 Å². The Morgan fingerprint density at radius 1 is 1.13 bits per heavy atom. The number of aliphatic hydroxyl groups is 1. The molecule has 3 aromatic rings. The molecule has 0 fully saturated rings. The highest BCUT2D eigenvalue weighted by Crippen LogP contribution is 2.25. The van der Waals surface area contributed by atoms with Gasteiger partial charge in [0.15, 0.2) is 6.61 Å². The number of pyridine rings is 1. The summed E-state index contributed by atoms with van der Waals surface area (Å²) in [6.07, 6.45) is 0.757. The second-order valence-electron chi connectivity index (χ2n) is 7.40. The van der Waals surface area contributed by atoms with Crippen molar-refractivity contribution in [2.24, 2.45) is 5.92 Å². The summed E-state index contributed by atoms with van der Waals surface area (Å²) in [5, 5.41) is 9.38. The Labute approximate surface area is 177 Å². The number of benzene rings is 1. The van der Waals surface area contributed by atoms with Crippen molar-refractivity contribution in [2.45, 2.75) is 25.6 Å². The van der Waals surface area contributed by atoms with E-state index in [1.165, 1.54) is 12.3 Å². The van der Waals surface area contributed by atoms with Crippen molar-refractivity contribution < 1.29 is 23.0 Å². The molecule has 0 saturated carbocycles. The molecule has 8 heteroatoms. The molecule has 160 valence electrons. The largest absolute Gasteiger partial charge is 0.468 e. The van der Waals surface area contributed by atoms with Gasteiger partial charge >= 0.3 is 6.18 Å². The standard InChI is InChI=1S/C23H20F3N3O2/c24-23(25,26)15-31-22-11-17(9-10-27-22)2-1-16-3-6-19(7-4-16)20-13-29-12-18(14-30)5-8-21(29)28-20/h3-4,6-7,9-11,13,18,30H,5,8,12,14-15H2. The van der Waals surface area contributed by atoms with Crippen molar-refractivity contribution in [3.8, 4) is 29.0 Å². The number of rotatable bonds is 4. The number of hydrogen-bond donors (Lipinski definition) is 1. The first-order valence-corrected chi connectivity index (χ1v) is 9.84. The van der Waals surface area contributed by atoms with Crippen LogP contribution in [0.4, 0.5) is 13.2 Å². The lowest BCUT2D eigenvalue weighted by Gasteiger charge is -2.21. The Morgan fingerprint density at radius 3 is 2.65 bits per heavy atom. The van der Waals surface area contributed by atoms with Crippen LogP contribution in [0.5, 0.6) is 5.88 Å². The summed E-state index contributed by atoms with van der Waals surface area (Å²) >= 11 is 0. The predicted octanol–water partition coefficient (Wildman–Crippen LogP) is 3.84. The van der Waals surface area contributed by atoms with Gasteiger partial charge in [-0.1, -0.05) is 24.0 Å². The molecule has 0 radical (unpaired) electrons. The lowest BCUT2D eigenvalue weighted by molar-refractivity contribution is -0.154. The van der Waals surface area contributed by atoms with Crippen LogP contribution < -0.4 is 4.74 Å². The fourth-order valence-electron chi connectivity index (χ4n) is 3.39. The van der Waals surface area contributed by atoms with Gasteiger partial charge in [-0.25, -0.2) is 9.97 Å². The van der Waals surface area contributed by atoms with Crippen LogP contribution in [0.25, 0.3) is 11.3 Å². The zero-order valence-electron chi connectivity index (χ0n) is 16.6. The minimum absolute atomic E-state index is 0.119. The summed E-state index contributed by atoms with van der Waals surface area (Å²) in [5.41, 5.74) is 3.13. The minimum Gasteiger partial charge on any atom is -0.468 e. The molecule has 1 N–H and O–H groups in total. The quantitative estimate of drug-likeness (QED) is 0.643. The Hall–Kier alpha value is -3.31. The van der Waals surface area contributed by atoms with E-state index in [2.05, 4.69) is 26.1 Å². The van der Waals surface area contributed by atoms with E-state index in [1.54, 1.807) is 6.07 Å². The maximum absolute atomic E-state index is 12.3. The number of hydrogen-bond acceptors (Lipinski definition) is 4. The fraction of sp³-hybridized carbons (Fsp3) is 0.304. The summed E-state index contributed by atoms with van der Waals surface area (Å²) < 4.78 is 43.6. The van der Waals surface area contributed by atoms with Gasteiger partial charge in [0.25, 0.3) is 0 Å². The summed E-state index contributed by atoms with van der Waals surface area (Å²) in [4.78, 5) is 8.47. The number of aryl methyl sites for hydroxylation is 1. The van der Waals surface area contributed by atoms with Crippen LogP contribution in [0.3, 0.4) is 0 Å². The van der Waals surface area contributed by atoms with E-state index in [-0.39, 0.29) is 18.4 Å². The van der Waals surface area contributed by atoms with Crippen LogP contribution >= 0.6 is 0 Å². The van der Waals surface area contributed by atoms with Gasteiger partial charge in [0.05, 0.1) is 5.69 Å². The van der Waals surface area contributed by atoms with Crippen molar-refractivity contribution in [1.29, 1.82) is 0 Å². The van der Waals surface area contributed by atoms with Gasteiger partial charge in [-0.05, 0) is 24.6 Å². The van der Waals surface area contributed by atoms with Crippen LogP contribution in [-0.2, 0) is 13.0 Å². The van der Waals surface area contributed by atoms with Crippen molar-refractivity contribution in [3.63, 3.8) is 0 Å². The molecule has 1 aliphatic heterocycles. The van der Waals surface area contributed by atoms with Gasteiger partial charge in [0, 0.05) is 60.6 Å². The molecule has 1 atom stereocenters. The first-order chi connectivity index (χ1) is 14.9. The van der Waals surface area contributed by atoms with Gasteiger partial charge < -0.3 is 14.4 Å². The summed E-state index contributed by atoms with van der Waals surface area (Å²) in [6, 6.07) is 10.6. The minimum atomic E-state index is -4.42. The molecular formula is C23H20F3N3O2. The van der Waals surface area contributed by atoms with Crippen LogP contribution in [-0.4, -0.2) is 39.0 Å². The maximum Gasteiger partial charge on any atom is 0.422 e. The van der Waals surface area contributed by atoms with Crippen molar-refractivity contribution in [2.75, 3.05) is 13.2 Å². The zero-order chi connectivity index (χ0) is 21.8. The third-order valence-electron chi connectivity index (χ3n) is 5.00. The van der Waals surface area contributed by atoms with Gasteiger partial charge in [0.1, 0.15) is 5.82 Å². The summed E-state index contributed by atoms with van der Waals surface area (Å²) in [6.45, 7) is -0.423. The molecule has 3 heterocycles. The molecule has 2 aromatic heterocycles. The van der Waals surface area contributed by atoms with Gasteiger partial charge in [-0.3, -0.25) is 0 Å². The van der Waals surface area contributed by atoms with Crippen LogP contribution in [0.15, 0.2) is 48.8 Å². The van der Waals surface area contributed by atoms with Crippen LogP contribution in [0.2, 0.25) is 0 Å². The van der Waals surface area contributed by atoms with E-state index in [0.717, 1.165) is 42.0 Å². The average molecular weight is 427 g/mol. The highest BCUT2D eigenvalue weighted by atomic mass is 19.4. The monoisotopic (exact) mass is 427 g/mol. The molecule has 4 rings (SSSR count). The molecule has 1 aromatic carbocycles. The predicted molar refractivity (Wildman–Crippen MR) is 108 cm³/mol. The first kappa shape index (κ1) is 20.9. The maximum atomic E-state index is 12.3. The topological polar surface area (TPSA) is 60.2 Å². The lowest BCUT2D eigenvalue weighted by atomic mass is 10.0. The van der Waals surface area contributed by atoms with E-state index >= 15 is 0 Å². The summed E-state index contributed by atoms with van der Waals surface area (Å²) in [5.74, 6) is 7.10. The number of nitrogens with zero attached hydrogens (tertiary/aromatic N) is 3. The van der Waals surface area contributed by atoms with Crippen LogP contribution in [0, 0.1) is 17.8 Å². The highest BCUT2D eigenvalue weighted by Gasteiger charge is 2.28. The number of imidazole rings is 1. The lowest BCUT2D eigenvalue weighted by Crippen LogP contribution is -2.22. The Bertz CT molecular complexity index is 1110. The normalized spacial score (nSPS) is 15.7. The summed E-state index contributed by atoms with van der Waals surface area (Å²) in [7, 11) is 0. The third-order valence-corrected chi connectivity index (χ3v) is 5.00. The van der Waals surface area contributed by atoms with Gasteiger partial charge in [0.2, 0.25) is 5.88 Å². The molecule has 0 aliphatic carbocycles. The Morgan fingerprint density at radius 2 is 1.90 bits per heavy atom. The van der Waals surface area contributed by atoms with Crippen molar-refractivity contribution >= 4 is 0 Å². The number of alkyl halides is 3. The second-order valence-corrected chi connectivity index (χ2v) is 7.40. The smallest absolute Gasteiger partial charge is 0.422 e. The van der Waals surface area contributed by atoms with Gasteiger partial charge in [-0.2, -0.15) is 13.2 Å². The molecule has 0 amide bonds. The van der Waals surface area contributed by atoms with E-state index in [4.69, 9.17) is 4.98 Å². The SMILES string of the molecule is OCC1CCc2nc(-c3ccc(C#Cc4ccnc(OCC(F)(F)F)c4)cc3)cn2C1. The van der Waals surface area contributed by atoms with E-state index < -0.39 is 12.8 Å². The molecule has 0 bridgehead atoms. The number of aromatic nitrogens is 3. The Balaban J connectivity index is 1.45. The third kappa shape index (κ3) is 5.44. The van der Waals surface area contributed by atoms with Crippen LogP contribution in [0.1, 0.15) is 23.4 Å². The number of fused-ring (bicyclic) bond motifs is 1. The first-order valence-electron chi connectivity index (χ1n) is 9.84. The molecular weight excluding hydrogens is 407 g/mol. The number of halogens is 3. The average Bonchev–Trinajstić information content (AvgIpc) is 3.20. The van der Waals surface area contributed by atoms with Crippen molar-refractivity contribution in [1.82, 2.24) is 14.5 Å². The Kier molecular flexibility index (Phi) is 5.96. The molecule has 31 heavy (non-hydrogen) atoms. The zero-order valence-corrected chi connectivity index (χ0v) is 16.6. The van der Waals surface area contributed by atoms with Crippen molar-refractivity contribution in [3.05, 3.63) is 65.7 Å². The van der Waals surface area contributed by atoms with E-state index in [0.29, 0.717) is 5.56 Å². The number of ether oxygens (including phenoxy) is 1. The number of aliphatic hydroxyl groups excluding tert-OH is 1.